The monoisotopic (exact) mass is 323 g/mol. The third kappa shape index (κ3) is 3.00. The Morgan fingerprint density at radius 2 is 1.48 bits per heavy atom. The molecular formula is C21H25NS. The fourth-order valence-electron chi connectivity index (χ4n) is 2.94. The predicted molar refractivity (Wildman–Crippen MR) is 105 cm³/mol. The smallest absolute Gasteiger partial charge is 0.0780 e. The molecule has 120 valence electrons. The molecule has 0 atom stereocenters. The third-order valence-corrected chi connectivity index (χ3v) is 6.31. The highest BCUT2D eigenvalue weighted by atomic mass is 32.3. The molecule has 0 bridgehead atoms. The van der Waals surface area contributed by atoms with E-state index in [1.807, 2.05) is 6.20 Å². The standard InChI is InChI=1S/C21H25NS/c1-14-11-18(12-15(2)16(14)3)21-20-8-7-19(23(4,5)6)13-17(20)9-10-22-21/h7-13H,1-6H3. The Kier molecular flexibility index (Phi) is 3.97. The first-order valence-corrected chi connectivity index (χ1v) is 10.8. The largest absolute Gasteiger partial charge is 0.256 e. The van der Waals surface area contributed by atoms with Gasteiger partial charge < -0.3 is 0 Å². The molecule has 0 aliphatic carbocycles. The van der Waals surface area contributed by atoms with Crippen LogP contribution in [0, 0.1) is 20.8 Å². The number of pyridine rings is 1. The minimum Gasteiger partial charge on any atom is -0.256 e. The summed E-state index contributed by atoms with van der Waals surface area (Å²) in [5.41, 5.74) is 6.33. The second kappa shape index (κ2) is 5.68. The van der Waals surface area contributed by atoms with Crippen LogP contribution >= 0.6 is 10.0 Å². The van der Waals surface area contributed by atoms with Crippen molar-refractivity contribution in [2.24, 2.45) is 0 Å². The molecule has 0 aliphatic heterocycles. The quantitative estimate of drug-likeness (QED) is 0.574. The van der Waals surface area contributed by atoms with Crippen LogP contribution in [0.5, 0.6) is 0 Å². The zero-order valence-electron chi connectivity index (χ0n) is 14.9. The first-order valence-electron chi connectivity index (χ1n) is 7.93. The fourth-order valence-corrected chi connectivity index (χ4v) is 3.90. The van der Waals surface area contributed by atoms with Crippen LogP contribution in [0.3, 0.4) is 0 Å². The van der Waals surface area contributed by atoms with Crippen LogP contribution < -0.4 is 0 Å². The van der Waals surface area contributed by atoms with Gasteiger partial charge in [-0.25, -0.2) is 10.0 Å². The van der Waals surface area contributed by atoms with Gasteiger partial charge in [-0.2, -0.15) is 0 Å². The maximum Gasteiger partial charge on any atom is 0.0780 e. The number of hydrogen-bond donors (Lipinski definition) is 0. The highest BCUT2D eigenvalue weighted by Gasteiger charge is 2.12. The summed E-state index contributed by atoms with van der Waals surface area (Å²) in [6.45, 7) is 6.54. The van der Waals surface area contributed by atoms with Gasteiger partial charge >= 0.3 is 0 Å². The van der Waals surface area contributed by atoms with E-state index in [4.69, 9.17) is 0 Å². The molecule has 0 saturated carbocycles. The average molecular weight is 324 g/mol. The SMILES string of the molecule is Cc1cc(-c2nccc3cc(S(C)(C)C)ccc23)cc(C)c1C. The molecule has 0 amide bonds. The Labute approximate surface area is 141 Å². The van der Waals surface area contributed by atoms with E-state index < -0.39 is 10.0 Å². The zero-order chi connectivity index (χ0) is 16.8. The van der Waals surface area contributed by atoms with Crippen molar-refractivity contribution in [1.29, 1.82) is 0 Å². The Hall–Kier alpha value is -1.80. The molecule has 3 rings (SSSR count). The summed E-state index contributed by atoms with van der Waals surface area (Å²) >= 11 is 0. The van der Waals surface area contributed by atoms with Crippen LogP contribution in [0.4, 0.5) is 0 Å². The normalized spacial score (nSPS) is 12.6. The fraction of sp³-hybridized carbons (Fsp3) is 0.286. The van der Waals surface area contributed by atoms with Crippen LogP contribution in [0.25, 0.3) is 22.0 Å². The van der Waals surface area contributed by atoms with Crippen molar-refractivity contribution in [3.8, 4) is 11.3 Å². The van der Waals surface area contributed by atoms with Gasteiger partial charge in [-0.15, -0.1) is 0 Å². The van der Waals surface area contributed by atoms with E-state index in [1.54, 1.807) is 0 Å². The molecule has 2 aromatic carbocycles. The molecular weight excluding hydrogens is 298 g/mol. The average Bonchev–Trinajstić information content (AvgIpc) is 2.50. The Bertz CT molecular complexity index is 865. The summed E-state index contributed by atoms with van der Waals surface area (Å²) in [6, 6.07) is 13.5. The Morgan fingerprint density at radius 3 is 2.09 bits per heavy atom. The summed E-state index contributed by atoms with van der Waals surface area (Å²) in [4.78, 5) is 6.13. The highest BCUT2D eigenvalue weighted by molar-refractivity contribution is 8.32. The predicted octanol–water partition coefficient (Wildman–Crippen LogP) is 5.88. The van der Waals surface area contributed by atoms with Gasteiger partial charge in [0.1, 0.15) is 0 Å². The van der Waals surface area contributed by atoms with Crippen LogP contribution in [-0.2, 0) is 0 Å². The van der Waals surface area contributed by atoms with Crippen LogP contribution in [0.2, 0.25) is 0 Å². The van der Waals surface area contributed by atoms with Gasteiger partial charge in [-0.1, -0.05) is 6.07 Å². The lowest BCUT2D eigenvalue weighted by molar-refractivity contribution is 1.25. The number of aryl methyl sites for hydroxylation is 2. The molecule has 1 nitrogen and oxygen atoms in total. The maximum atomic E-state index is 4.69. The van der Waals surface area contributed by atoms with E-state index in [9.17, 15) is 0 Å². The third-order valence-electron chi connectivity index (χ3n) is 4.64. The lowest BCUT2D eigenvalue weighted by Gasteiger charge is -2.26. The molecule has 0 aliphatic rings. The first-order chi connectivity index (χ1) is 10.8. The van der Waals surface area contributed by atoms with E-state index in [1.165, 1.54) is 37.9 Å². The summed E-state index contributed by atoms with van der Waals surface area (Å²) in [5, 5.41) is 2.52. The highest BCUT2D eigenvalue weighted by Crippen LogP contribution is 2.46. The molecule has 3 aromatic rings. The number of hydrogen-bond acceptors (Lipinski definition) is 1. The van der Waals surface area contributed by atoms with E-state index in [0.717, 1.165) is 5.69 Å². The molecule has 1 aromatic heterocycles. The second-order valence-corrected chi connectivity index (χ2v) is 11.3. The molecule has 0 saturated heterocycles. The first kappa shape index (κ1) is 16.1. The van der Waals surface area contributed by atoms with Gasteiger partial charge in [0.25, 0.3) is 0 Å². The van der Waals surface area contributed by atoms with Crippen molar-refractivity contribution in [2.45, 2.75) is 25.7 Å². The van der Waals surface area contributed by atoms with Crippen molar-refractivity contribution in [2.75, 3.05) is 18.8 Å². The minimum absolute atomic E-state index is 0.711. The molecule has 0 radical (unpaired) electrons. The summed E-state index contributed by atoms with van der Waals surface area (Å²) in [6.07, 6.45) is 8.94. The van der Waals surface area contributed by atoms with Crippen molar-refractivity contribution in [3.63, 3.8) is 0 Å². The van der Waals surface area contributed by atoms with E-state index in [2.05, 4.69) is 80.9 Å². The molecule has 0 spiro atoms. The van der Waals surface area contributed by atoms with Gasteiger partial charge in [0.05, 0.1) is 5.69 Å². The number of nitrogens with zero attached hydrogens (tertiary/aromatic N) is 1. The molecule has 1 heterocycles. The van der Waals surface area contributed by atoms with Gasteiger partial charge in [0, 0.05) is 17.1 Å². The van der Waals surface area contributed by atoms with Crippen molar-refractivity contribution < 1.29 is 0 Å². The second-order valence-electron chi connectivity index (χ2n) is 7.11. The lowest BCUT2D eigenvalue weighted by Crippen LogP contribution is -1.94. The van der Waals surface area contributed by atoms with Gasteiger partial charge in [0.2, 0.25) is 0 Å². The summed E-state index contributed by atoms with van der Waals surface area (Å²) < 4.78 is 0. The Morgan fingerprint density at radius 1 is 0.826 bits per heavy atom. The van der Waals surface area contributed by atoms with Crippen LogP contribution in [0.15, 0.2) is 47.5 Å². The van der Waals surface area contributed by atoms with E-state index in [-0.39, 0.29) is 0 Å². The molecule has 0 unspecified atom stereocenters. The van der Waals surface area contributed by atoms with Gasteiger partial charge in [-0.3, -0.25) is 4.98 Å². The van der Waals surface area contributed by atoms with Crippen LogP contribution in [0.1, 0.15) is 16.7 Å². The zero-order valence-corrected chi connectivity index (χ0v) is 15.7. The van der Waals surface area contributed by atoms with Gasteiger partial charge in [-0.05, 0) is 96.8 Å². The van der Waals surface area contributed by atoms with E-state index in [0.29, 0.717) is 0 Å². The minimum atomic E-state index is -0.711. The summed E-state index contributed by atoms with van der Waals surface area (Å²) in [5.74, 6) is 0. The molecule has 23 heavy (non-hydrogen) atoms. The molecule has 0 N–H and O–H groups in total. The summed E-state index contributed by atoms with van der Waals surface area (Å²) in [7, 11) is -0.711. The topological polar surface area (TPSA) is 12.9 Å². The number of rotatable bonds is 2. The van der Waals surface area contributed by atoms with Crippen molar-refractivity contribution in [3.05, 3.63) is 59.3 Å². The Balaban J connectivity index is 2.23. The van der Waals surface area contributed by atoms with Crippen molar-refractivity contribution >= 4 is 20.8 Å². The number of benzene rings is 2. The van der Waals surface area contributed by atoms with Crippen molar-refractivity contribution in [1.82, 2.24) is 4.98 Å². The van der Waals surface area contributed by atoms with Crippen LogP contribution in [-0.4, -0.2) is 23.8 Å². The molecule has 2 heteroatoms. The number of aromatic nitrogens is 1. The van der Waals surface area contributed by atoms with E-state index >= 15 is 0 Å². The lowest BCUT2D eigenvalue weighted by atomic mass is 9.96. The molecule has 0 fully saturated rings. The maximum absolute atomic E-state index is 4.69. The van der Waals surface area contributed by atoms with Gasteiger partial charge in [0.15, 0.2) is 0 Å². The number of fused-ring (bicyclic) bond motifs is 1.